The quantitative estimate of drug-likeness (QED) is 0.625. The Bertz CT molecular complexity index is 1130. The van der Waals surface area contributed by atoms with Crippen LogP contribution in [0, 0.1) is 5.92 Å². The number of amides is 1. The second-order valence-corrected chi connectivity index (χ2v) is 9.23. The van der Waals surface area contributed by atoms with Gasteiger partial charge in [-0.3, -0.25) is 9.69 Å². The van der Waals surface area contributed by atoms with E-state index in [1.807, 2.05) is 52.3 Å². The number of carbonyl (C=O) groups is 1. The summed E-state index contributed by atoms with van der Waals surface area (Å²) in [6.45, 7) is 0. The van der Waals surface area contributed by atoms with Crippen LogP contribution < -0.4 is 10.2 Å². The molecule has 0 unspecified atom stereocenters. The van der Waals surface area contributed by atoms with Crippen molar-refractivity contribution in [1.29, 1.82) is 0 Å². The molecule has 3 aromatic rings. The van der Waals surface area contributed by atoms with E-state index in [1.165, 1.54) is 12.8 Å². The van der Waals surface area contributed by atoms with Crippen molar-refractivity contribution in [2.45, 2.75) is 50.1 Å². The van der Waals surface area contributed by atoms with E-state index in [9.17, 15) is 4.79 Å². The van der Waals surface area contributed by atoms with Crippen molar-refractivity contribution in [3.8, 4) is 5.69 Å². The molecule has 8 heteroatoms. The van der Waals surface area contributed by atoms with Gasteiger partial charge in [-0.15, -0.1) is 0 Å². The average molecular weight is 435 g/mol. The first kappa shape index (κ1) is 18.8. The molecule has 6 rings (SSSR count). The van der Waals surface area contributed by atoms with Crippen LogP contribution in [0.5, 0.6) is 0 Å². The largest absolute Gasteiger partial charge is 0.343 e. The Labute approximate surface area is 185 Å². The molecule has 2 saturated carbocycles. The fraction of sp³-hybridized carbons (Fsp3) is 0.391. The van der Waals surface area contributed by atoms with E-state index in [0.29, 0.717) is 35.2 Å². The monoisotopic (exact) mass is 434 g/mol. The molecule has 1 amide bonds. The van der Waals surface area contributed by atoms with Crippen molar-refractivity contribution in [1.82, 2.24) is 19.5 Å². The van der Waals surface area contributed by atoms with E-state index < -0.39 is 0 Å². The SMILES string of the molecule is O=C1CC[C@H](C2CC2)N1c1ccnc(NC2(c3cn(-c4ccc(Cl)cc4)cn3)CC2)n1. The molecule has 7 nitrogen and oxygen atoms in total. The van der Waals surface area contributed by atoms with Crippen LogP contribution in [0.2, 0.25) is 5.02 Å². The average Bonchev–Trinajstić information content (AvgIpc) is 3.68. The van der Waals surface area contributed by atoms with Crippen LogP contribution in [0.3, 0.4) is 0 Å². The zero-order valence-corrected chi connectivity index (χ0v) is 17.8. The van der Waals surface area contributed by atoms with Gasteiger partial charge in [-0.2, -0.15) is 4.98 Å². The molecular weight excluding hydrogens is 412 g/mol. The normalized spacial score (nSPS) is 22.0. The third kappa shape index (κ3) is 3.47. The van der Waals surface area contributed by atoms with E-state index in [1.54, 1.807) is 6.20 Å². The highest BCUT2D eigenvalue weighted by molar-refractivity contribution is 6.30. The molecule has 158 valence electrons. The zero-order chi connectivity index (χ0) is 21.0. The van der Waals surface area contributed by atoms with Gasteiger partial charge in [-0.25, -0.2) is 9.97 Å². The summed E-state index contributed by atoms with van der Waals surface area (Å²) in [5.41, 5.74) is 1.71. The third-order valence-electron chi connectivity index (χ3n) is 6.61. The number of hydrogen-bond donors (Lipinski definition) is 1. The summed E-state index contributed by atoms with van der Waals surface area (Å²) in [4.78, 5) is 28.2. The van der Waals surface area contributed by atoms with Gasteiger partial charge in [0.05, 0.1) is 17.6 Å². The van der Waals surface area contributed by atoms with E-state index in [4.69, 9.17) is 16.6 Å². The molecule has 3 aliphatic rings. The van der Waals surface area contributed by atoms with E-state index in [2.05, 4.69) is 15.3 Å². The summed E-state index contributed by atoms with van der Waals surface area (Å²) in [7, 11) is 0. The minimum Gasteiger partial charge on any atom is -0.343 e. The van der Waals surface area contributed by atoms with E-state index in [-0.39, 0.29) is 11.4 Å². The molecule has 0 spiro atoms. The Kier molecular flexibility index (Phi) is 4.28. The maximum atomic E-state index is 12.5. The first-order valence-corrected chi connectivity index (χ1v) is 11.2. The predicted octanol–water partition coefficient (Wildman–Crippen LogP) is 4.32. The van der Waals surface area contributed by atoms with Gasteiger partial charge in [0.2, 0.25) is 11.9 Å². The summed E-state index contributed by atoms with van der Waals surface area (Å²) in [6.07, 6.45) is 11.5. The molecule has 1 N–H and O–H groups in total. The van der Waals surface area contributed by atoms with Gasteiger partial charge in [0.1, 0.15) is 5.82 Å². The Morgan fingerprint density at radius 3 is 2.61 bits per heavy atom. The topological polar surface area (TPSA) is 75.9 Å². The van der Waals surface area contributed by atoms with Crippen LogP contribution in [0.1, 0.15) is 44.2 Å². The number of aromatic nitrogens is 4. The molecular formula is C23H23ClN6O. The van der Waals surface area contributed by atoms with Gasteiger partial charge >= 0.3 is 0 Å². The lowest BCUT2D eigenvalue weighted by atomic mass is 10.1. The van der Waals surface area contributed by atoms with Crippen molar-refractivity contribution in [3.05, 3.63) is 59.8 Å². The van der Waals surface area contributed by atoms with Gasteiger partial charge in [0, 0.05) is 35.6 Å². The lowest BCUT2D eigenvalue weighted by Crippen LogP contribution is -2.35. The highest BCUT2D eigenvalue weighted by atomic mass is 35.5. The van der Waals surface area contributed by atoms with Crippen molar-refractivity contribution in [2.75, 3.05) is 10.2 Å². The number of hydrogen-bond acceptors (Lipinski definition) is 5. The first-order chi connectivity index (χ1) is 15.1. The standard InChI is InChI=1S/C23H23ClN6O/c24-16-3-5-17(6-4-16)29-13-19(26-14-29)23(10-11-23)28-22-25-12-9-20(27-22)30-18(15-1-2-15)7-8-21(30)31/h3-6,9,12-15,18H,1-2,7-8,10-11H2,(H,25,27,28)/t18-/m1/s1. The fourth-order valence-electron chi connectivity index (χ4n) is 4.58. The molecule has 1 atom stereocenters. The Hall–Kier alpha value is -2.93. The van der Waals surface area contributed by atoms with Crippen molar-refractivity contribution in [3.63, 3.8) is 0 Å². The zero-order valence-electron chi connectivity index (χ0n) is 17.0. The van der Waals surface area contributed by atoms with Crippen molar-refractivity contribution in [2.24, 2.45) is 5.92 Å². The summed E-state index contributed by atoms with van der Waals surface area (Å²) in [5.74, 6) is 2.05. The second-order valence-electron chi connectivity index (χ2n) is 8.80. The summed E-state index contributed by atoms with van der Waals surface area (Å²) >= 11 is 6.00. The van der Waals surface area contributed by atoms with E-state index >= 15 is 0 Å². The van der Waals surface area contributed by atoms with Crippen molar-refractivity contribution >= 4 is 29.3 Å². The van der Waals surface area contributed by atoms with Crippen LogP contribution in [0.25, 0.3) is 5.69 Å². The molecule has 2 aromatic heterocycles. The number of imidazole rings is 1. The number of carbonyl (C=O) groups excluding carboxylic acids is 1. The summed E-state index contributed by atoms with van der Waals surface area (Å²) < 4.78 is 1.99. The van der Waals surface area contributed by atoms with Gasteiger partial charge < -0.3 is 9.88 Å². The highest BCUT2D eigenvalue weighted by Gasteiger charge is 2.47. The van der Waals surface area contributed by atoms with Crippen molar-refractivity contribution < 1.29 is 4.79 Å². The number of nitrogens with one attached hydrogen (secondary N) is 1. The molecule has 1 aromatic carbocycles. The number of halogens is 1. The Balaban J connectivity index is 1.24. The minimum atomic E-state index is -0.263. The lowest BCUT2D eigenvalue weighted by Gasteiger charge is -2.24. The number of rotatable bonds is 6. The predicted molar refractivity (Wildman–Crippen MR) is 118 cm³/mol. The maximum absolute atomic E-state index is 12.5. The molecule has 1 saturated heterocycles. The molecule has 31 heavy (non-hydrogen) atoms. The van der Waals surface area contributed by atoms with Crippen LogP contribution in [0.15, 0.2) is 49.1 Å². The number of nitrogens with zero attached hydrogens (tertiary/aromatic N) is 5. The minimum absolute atomic E-state index is 0.171. The molecule has 3 heterocycles. The molecule has 3 fully saturated rings. The van der Waals surface area contributed by atoms with Gasteiger partial charge in [0.25, 0.3) is 0 Å². The van der Waals surface area contributed by atoms with Crippen LogP contribution >= 0.6 is 11.6 Å². The molecule has 0 bridgehead atoms. The number of anilines is 2. The maximum Gasteiger partial charge on any atom is 0.228 e. The van der Waals surface area contributed by atoms with Crippen LogP contribution in [-0.4, -0.2) is 31.5 Å². The molecule has 0 radical (unpaired) electrons. The highest BCUT2D eigenvalue weighted by Crippen LogP contribution is 2.47. The first-order valence-electron chi connectivity index (χ1n) is 10.9. The Morgan fingerprint density at radius 1 is 1.06 bits per heavy atom. The Morgan fingerprint density at radius 2 is 1.87 bits per heavy atom. The lowest BCUT2D eigenvalue weighted by molar-refractivity contribution is -0.117. The summed E-state index contributed by atoms with van der Waals surface area (Å²) in [6, 6.07) is 9.82. The van der Waals surface area contributed by atoms with E-state index in [0.717, 1.165) is 30.6 Å². The molecule has 2 aliphatic carbocycles. The third-order valence-corrected chi connectivity index (χ3v) is 6.86. The van der Waals surface area contributed by atoms with Crippen LogP contribution in [-0.2, 0) is 10.3 Å². The smallest absolute Gasteiger partial charge is 0.228 e. The number of benzene rings is 1. The van der Waals surface area contributed by atoms with Crippen LogP contribution in [0.4, 0.5) is 11.8 Å². The second kappa shape index (κ2) is 7.05. The van der Waals surface area contributed by atoms with Gasteiger partial charge in [-0.05, 0) is 68.4 Å². The van der Waals surface area contributed by atoms with Gasteiger partial charge in [0.15, 0.2) is 0 Å². The van der Waals surface area contributed by atoms with Gasteiger partial charge in [-0.1, -0.05) is 11.6 Å². The fourth-order valence-corrected chi connectivity index (χ4v) is 4.71. The molecule has 1 aliphatic heterocycles. The summed E-state index contributed by atoms with van der Waals surface area (Å²) in [5, 5.41) is 4.21.